The summed E-state index contributed by atoms with van der Waals surface area (Å²) in [7, 11) is 0. The fourth-order valence-electron chi connectivity index (χ4n) is 4.50. The second-order valence-electron chi connectivity index (χ2n) is 8.42. The smallest absolute Gasteiger partial charge is 0.184 e. The van der Waals surface area contributed by atoms with Crippen LogP contribution >= 0.6 is 11.3 Å². The van der Waals surface area contributed by atoms with Crippen LogP contribution in [0.5, 0.6) is 0 Å². The van der Waals surface area contributed by atoms with Crippen molar-refractivity contribution in [2.24, 2.45) is 0 Å². The second kappa shape index (κ2) is 8.03. The number of thiazole rings is 1. The molecule has 1 saturated carbocycles. The molecule has 1 aliphatic rings. The molecule has 2 N–H and O–H groups in total. The van der Waals surface area contributed by atoms with E-state index >= 15 is 0 Å². The summed E-state index contributed by atoms with van der Waals surface area (Å²) in [6.45, 7) is 0. The van der Waals surface area contributed by atoms with Crippen LogP contribution in [-0.2, 0) is 6.42 Å². The highest BCUT2D eigenvalue weighted by Crippen LogP contribution is 2.30. The number of aliphatic hydroxyl groups is 1. The molecule has 7 nitrogen and oxygen atoms in total. The predicted molar refractivity (Wildman–Crippen MR) is 127 cm³/mol. The van der Waals surface area contributed by atoms with Gasteiger partial charge in [0, 0.05) is 36.9 Å². The molecule has 32 heavy (non-hydrogen) atoms. The first-order valence-corrected chi connectivity index (χ1v) is 11.8. The van der Waals surface area contributed by atoms with Gasteiger partial charge in [-0.15, -0.1) is 0 Å². The fourth-order valence-corrected chi connectivity index (χ4v) is 5.49. The molecule has 0 bridgehead atoms. The number of nitrogens with one attached hydrogen (secondary N) is 1. The predicted octanol–water partition coefficient (Wildman–Crippen LogP) is 4.44. The summed E-state index contributed by atoms with van der Waals surface area (Å²) < 4.78 is 5.14. The summed E-state index contributed by atoms with van der Waals surface area (Å²) >= 11 is 1.66. The SMILES string of the molecule is OC1CCCCC1Nc1nc2ccc(Cc3cnc4ccc(-n5cccn5)cn34)cc2s1. The quantitative estimate of drug-likeness (QED) is 0.419. The van der Waals surface area contributed by atoms with Crippen molar-refractivity contribution in [2.75, 3.05) is 5.32 Å². The Bertz CT molecular complexity index is 1370. The van der Waals surface area contributed by atoms with Crippen molar-refractivity contribution in [1.82, 2.24) is 24.1 Å². The second-order valence-corrected chi connectivity index (χ2v) is 9.45. The van der Waals surface area contributed by atoms with Crippen LogP contribution in [0.1, 0.15) is 36.9 Å². The average Bonchev–Trinajstić information content (AvgIpc) is 3.55. The van der Waals surface area contributed by atoms with Crippen LogP contribution in [0.2, 0.25) is 0 Å². The number of nitrogens with zero attached hydrogens (tertiary/aromatic N) is 5. The normalized spacial score (nSPS) is 19.0. The number of imidazole rings is 1. The molecule has 0 radical (unpaired) electrons. The Kier molecular flexibility index (Phi) is 4.88. The highest BCUT2D eigenvalue weighted by molar-refractivity contribution is 7.22. The number of aromatic nitrogens is 5. The van der Waals surface area contributed by atoms with Crippen molar-refractivity contribution < 1.29 is 5.11 Å². The standard InChI is InChI=1S/C24H24N6OS/c31-21-5-2-1-4-19(21)27-24-28-20-8-6-16(13-22(20)32-24)12-18-14-25-23-9-7-17(15-29(18)23)30-11-3-10-26-30/h3,6-11,13-15,19,21,31H,1-2,4-5,12H2,(H,27,28). The van der Waals surface area contributed by atoms with Crippen LogP contribution in [0, 0.1) is 0 Å². The molecule has 1 fully saturated rings. The van der Waals surface area contributed by atoms with Crippen LogP contribution in [-0.4, -0.2) is 41.4 Å². The van der Waals surface area contributed by atoms with Crippen molar-refractivity contribution in [3.05, 3.63) is 72.4 Å². The van der Waals surface area contributed by atoms with E-state index in [1.54, 1.807) is 17.5 Å². The Morgan fingerprint density at radius 2 is 2.09 bits per heavy atom. The Morgan fingerprint density at radius 3 is 2.97 bits per heavy atom. The van der Waals surface area contributed by atoms with Gasteiger partial charge in [-0.1, -0.05) is 30.2 Å². The summed E-state index contributed by atoms with van der Waals surface area (Å²) in [4.78, 5) is 9.30. The lowest BCUT2D eigenvalue weighted by atomic mass is 9.93. The average molecular weight is 445 g/mol. The lowest BCUT2D eigenvalue weighted by molar-refractivity contribution is 0.116. The molecule has 2 atom stereocenters. The molecule has 0 amide bonds. The third-order valence-corrected chi connectivity index (χ3v) is 7.16. The molecule has 1 aromatic carbocycles. The first-order valence-electron chi connectivity index (χ1n) is 11.0. The van der Waals surface area contributed by atoms with Gasteiger partial charge in [-0.2, -0.15) is 5.10 Å². The molecule has 8 heteroatoms. The number of fused-ring (bicyclic) bond motifs is 2. The Balaban J connectivity index is 1.26. The Labute approximate surface area is 189 Å². The number of hydrogen-bond acceptors (Lipinski definition) is 6. The number of anilines is 1. The summed E-state index contributed by atoms with van der Waals surface area (Å²) in [5.74, 6) is 0. The third-order valence-electron chi connectivity index (χ3n) is 6.21. The van der Waals surface area contributed by atoms with Gasteiger partial charge in [-0.3, -0.25) is 0 Å². The van der Waals surface area contributed by atoms with E-state index in [2.05, 4.69) is 44.2 Å². The molecule has 2 unspecified atom stereocenters. The maximum atomic E-state index is 10.3. The first kappa shape index (κ1) is 19.5. The molecule has 4 heterocycles. The maximum Gasteiger partial charge on any atom is 0.184 e. The van der Waals surface area contributed by atoms with E-state index in [-0.39, 0.29) is 12.1 Å². The van der Waals surface area contributed by atoms with Gasteiger partial charge < -0.3 is 14.8 Å². The van der Waals surface area contributed by atoms with Crippen LogP contribution in [0.25, 0.3) is 21.6 Å². The van der Waals surface area contributed by atoms with Crippen LogP contribution in [0.3, 0.4) is 0 Å². The van der Waals surface area contributed by atoms with Gasteiger partial charge in [0.25, 0.3) is 0 Å². The largest absolute Gasteiger partial charge is 0.391 e. The van der Waals surface area contributed by atoms with Crippen LogP contribution < -0.4 is 5.32 Å². The molecule has 0 aliphatic heterocycles. The molecule has 6 rings (SSSR count). The van der Waals surface area contributed by atoms with Crippen LogP contribution in [0.15, 0.2) is 61.2 Å². The minimum absolute atomic E-state index is 0.103. The van der Waals surface area contributed by atoms with Crippen molar-refractivity contribution in [3.63, 3.8) is 0 Å². The van der Waals surface area contributed by atoms with Gasteiger partial charge >= 0.3 is 0 Å². The Morgan fingerprint density at radius 1 is 1.16 bits per heavy atom. The number of benzene rings is 1. The molecular formula is C24H24N6OS. The molecule has 1 aliphatic carbocycles. The fraction of sp³-hybridized carbons (Fsp3) is 0.292. The van der Waals surface area contributed by atoms with E-state index < -0.39 is 0 Å². The zero-order valence-corrected chi connectivity index (χ0v) is 18.4. The highest BCUT2D eigenvalue weighted by Gasteiger charge is 2.23. The zero-order chi connectivity index (χ0) is 21.5. The van der Waals surface area contributed by atoms with E-state index in [1.807, 2.05) is 35.3 Å². The lowest BCUT2D eigenvalue weighted by Gasteiger charge is -2.27. The maximum absolute atomic E-state index is 10.3. The molecular weight excluding hydrogens is 420 g/mol. The summed E-state index contributed by atoms with van der Waals surface area (Å²) in [6.07, 6.45) is 12.4. The minimum atomic E-state index is -0.284. The van der Waals surface area contributed by atoms with Gasteiger partial charge in [0.2, 0.25) is 0 Å². The topological polar surface area (TPSA) is 80.3 Å². The molecule has 0 saturated heterocycles. The lowest BCUT2D eigenvalue weighted by Crippen LogP contribution is -2.36. The van der Waals surface area contributed by atoms with E-state index in [0.717, 1.165) is 64.5 Å². The van der Waals surface area contributed by atoms with Crippen molar-refractivity contribution in [3.8, 4) is 5.69 Å². The van der Waals surface area contributed by atoms with Gasteiger partial charge in [-0.05, 0) is 48.7 Å². The zero-order valence-electron chi connectivity index (χ0n) is 17.6. The number of aliphatic hydroxyl groups excluding tert-OH is 1. The minimum Gasteiger partial charge on any atom is -0.391 e. The van der Waals surface area contributed by atoms with Gasteiger partial charge in [0.15, 0.2) is 5.13 Å². The highest BCUT2D eigenvalue weighted by atomic mass is 32.1. The van der Waals surface area contributed by atoms with Crippen molar-refractivity contribution in [1.29, 1.82) is 0 Å². The molecule has 5 aromatic rings. The van der Waals surface area contributed by atoms with Gasteiger partial charge in [0.1, 0.15) is 5.65 Å². The Hall–Kier alpha value is -3.23. The van der Waals surface area contributed by atoms with Crippen LogP contribution in [0.4, 0.5) is 5.13 Å². The van der Waals surface area contributed by atoms with E-state index in [9.17, 15) is 5.11 Å². The number of pyridine rings is 1. The van der Waals surface area contributed by atoms with E-state index in [1.165, 1.54) is 5.56 Å². The third kappa shape index (κ3) is 3.65. The molecule has 4 aromatic heterocycles. The number of rotatable bonds is 5. The van der Waals surface area contributed by atoms with Gasteiger partial charge in [-0.25, -0.2) is 14.6 Å². The van der Waals surface area contributed by atoms with Crippen molar-refractivity contribution in [2.45, 2.75) is 44.2 Å². The number of hydrogen-bond donors (Lipinski definition) is 2. The van der Waals surface area contributed by atoms with E-state index in [4.69, 9.17) is 4.98 Å². The van der Waals surface area contributed by atoms with E-state index in [0.29, 0.717) is 0 Å². The van der Waals surface area contributed by atoms with Gasteiger partial charge in [0.05, 0.1) is 28.0 Å². The summed E-state index contributed by atoms with van der Waals surface area (Å²) in [5, 5.41) is 18.9. The summed E-state index contributed by atoms with van der Waals surface area (Å²) in [5.41, 5.74) is 5.26. The molecule has 162 valence electrons. The summed E-state index contributed by atoms with van der Waals surface area (Å²) in [6, 6.07) is 12.5. The first-order chi connectivity index (χ1) is 15.7. The van der Waals surface area contributed by atoms with Crippen molar-refractivity contribution >= 4 is 32.3 Å². The monoisotopic (exact) mass is 444 g/mol. The molecule has 0 spiro atoms.